The minimum Gasteiger partial charge on any atom is -0.507 e. The Morgan fingerprint density at radius 2 is 1.71 bits per heavy atom. The second kappa shape index (κ2) is 12.6. The number of Topliss-reactive ketones (excluding diaryl/α,β-unsaturated/α-hetero) is 1. The fourth-order valence-corrected chi connectivity index (χ4v) is 5.08. The molecule has 0 aliphatic carbocycles. The highest BCUT2D eigenvalue weighted by Crippen LogP contribution is 2.43. The van der Waals surface area contributed by atoms with Gasteiger partial charge in [-0.25, -0.2) is 0 Å². The van der Waals surface area contributed by atoms with Crippen molar-refractivity contribution in [3.05, 3.63) is 125 Å². The van der Waals surface area contributed by atoms with Crippen LogP contribution in [0, 0.1) is 6.92 Å². The summed E-state index contributed by atoms with van der Waals surface area (Å²) >= 11 is 0. The second-order valence-electron chi connectivity index (χ2n) is 9.88. The van der Waals surface area contributed by atoms with E-state index in [9.17, 15) is 14.7 Å². The molecular weight excluding hydrogens is 532 g/mol. The summed E-state index contributed by atoms with van der Waals surface area (Å²) in [6, 6.07) is 23.0. The Hall–Kier alpha value is -5.11. The van der Waals surface area contributed by atoms with Crippen molar-refractivity contribution >= 4 is 17.4 Å². The van der Waals surface area contributed by atoms with E-state index in [1.54, 1.807) is 54.9 Å². The van der Waals surface area contributed by atoms with Crippen molar-refractivity contribution < 1.29 is 28.9 Å². The van der Waals surface area contributed by atoms with Crippen LogP contribution in [-0.4, -0.2) is 40.4 Å². The van der Waals surface area contributed by atoms with E-state index in [0.717, 1.165) is 11.1 Å². The van der Waals surface area contributed by atoms with E-state index < -0.39 is 17.7 Å². The molecule has 4 aromatic rings. The molecular formula is C34H32N2O6. The van der Waals surface area contributed by atoms with Gasteiger partial charge < -0.3 is 24.2 Å². The first-order valence-corrected chi connectivity index (χ1v) is 13.7. The number of carbonyl (C=O) groups is 2. The molecule has 1 aliphatic rings. The van der Waals surface area contributed by atoms with Gasteiger partial charge in [-0.15, -0.1) is 0 Å². The maximum Gasteiger partial charge on any atom is 0.295 e. The highest BCUT2D eigenvalue weighted by atomic mass is 16.5. The lowest BCUT2D eigenvalue weighted by atomic mass is 9.93. The molecule has 1 saturated heterocycles. The van der Waals surface area contributed by atoms with Crippen molar-refractivity contribution in [3.8, 4) is 17.2 Å². The standard InChI is InChI=1S/C34H32N2O6/c1-4-41-28-15-12-25(18-29(28)40-3)31-30(33(38)34(39)36(31)20-24-11-8-16-35-19-24)32(37)27-14-13-26(17-22(27)2)42-21-23-9-6-5-7-10-23/h5-19,31,37H,4,20-21H2,1-3H3/t31-/m1/s1. The molecule has 3 aromatic carbocycles. The summed E-state index contributed by atoms with van der Waals surface area (Å²) in [7, 11) is 1.53. The Balaban J connectivity index is 1.56. The van der Waals surface area contributed by atoms with Crippen LogP contribution >= 0.6 is 0 Å². The number of pyridine rings is 1. The molecule has 8 nitrogen and oxygen atoms in total. The summed E-state index contributed by atoms with van der Waals surface area (Å²) in [5.41, 5.74) is 3.50. The monoisotopic (exact) mass is 564 g/mol. The number of aliphatic hydroxyl groups is 1. The predicted molar refractivity (Wildman–Crippen MR) is 158 cm³/mol. The van der Waals surface area contributed by atoms with Crippen molar-refractivity contribution in [2.45, 2.75) is 33.0 Å². The maximum atomic E-state index is 13.6. The van der Waals surface area contributed by atoms with Crippen LogP contribution in [0.15, 0.2) is 96.8 Å². The molecule has 1 aromatic heterocycles. The summed E-state index contributed by atoms with van der Waals surface area (Å²) in [6.45, 7) is 4.66. The van der Waals surface area contributed by atoms with Crippen LogP contribution in [-0.2, 0) is 22.7 Å². The smallest absolute Gasteiger partial charge is 0.295 e. The van der Waals surface area contributed by atoms with Gasteiger partial charge in [0.05, 0.1) is 25.3 Å². The van der Waals surface area contributed by atoms with Crippen LogP contribution in [0.4, 0.5) is 0 Å². The lowest BCUT2D eigenvalue weighted by Gasteiger charge is -2.26. The van der Waals surface area contributed by atoms with E-state index in [-0.39, 0.29) is 17.9 Å². The number of rotatable bonds is 10. The number of nitrogens with zero attached hydrogens (tertiary/aromatic N) is 2. The van der Waals surface area contributed by atoms with Crippen LogP contribution in [0.25, 0.3) is 5.76 Å². The molecule has 1 atom stereocenters. The van der Waals surface area contributed by atoms with Gasteiger partial charge in [0.2, 0.25) is 0 Å². The molecule has 0 unspecified atom stereocenters. The maximum absolute atomic E-state index is 13.6. The third kappa shape index (κ3) is 5.83. The molecule has 1 amide bonds. The van der Waals surface area contributed by atoms with Crippen molar-refractivity contribution in [2.24, 2.45) is 0 Å². The van der Waals surface area contributed by atoms with Gasteiger partial charge in [-0.05, 0) is 72.5 Å². The first-order chi connectivity index (χ1) is 20.4. The first-order valence-electron chi connectivity index (χ1n) is 13.7. The Labute approximate surface area is 244 Å². The number of amides is 1. The molecule has 0 spiro atoms. The van der Waals surface area contributed by atoms with Crippen LogP contribution in [0.1, 0.15) is 40.8 Å². The molecule has 2 heterocycles. The lowest BCUT2D eigenvalue weighted by Crippen LogP contribution is -2.29. The minimum atomic E-state index is -0.872. The number of likely N-dealkylation sites (tertiary alicyclic amines) is 1. The molecule has 1 aliphatic heterocycles. The normalized spacial score (nSPS) is 16.0. The molecule has 0 saturated carbocycles. The molecule has 1 N–H and O–H groups in total. The largest absolute Gasteiger partial charge is 0.507 e. The number of ketones is 1. The highest BCUT2D eigenvalue weighted by molar-refractivity contribution is 6.46. The van der Waals surface area contributed by atoms with Gasteiger partial charge in [0.1, 0.15) is 18.1 Å². The molecule has 8 heteroatoms. The average Bonchev–Trinajstić information content (AvgIpc) is 3.26. The van der Waals surface area contributed by atoms with Crippen molar-refractivity contribution in [2.75, 3.05) is 13.7 Å². The van der Waals surface area contributed by atoms with E-state index in [2.05, 4.69) is 4.98 Å². The Morgan fingerprint density at radius 1 is 0.929 bits per heavy atom. The van der Waals surface area contributed by atoms with Crippen molar-refractivity contribution in [3.63, 3.8) is 0 Å². The molecule has 42 heavy (non-hydrogen) atoms. The molecule has 5 rings (SSSR count). The van der Waals surface area contributed by atoms with Gasteiger partial charge in [0.25, 0.3) is 11.7 Å². The number of methoxy groups -OCH3 is 1. The van der Waals surface area contributed by atoms with E-state index in [1.165, 1.54) is 12.0 Å². The Kier molecular flexibility index (Phi) is 8.52. The van der Waals surface area contributed by atoms with Gasteiger partial charge in [0.15, 0.2) is 11.5 Å². The third-order valence-electron chi connectivity index (χ3n) is 7.12. The first kappa shape index (κ1) is 28.4. The van der Waals surface area contributed by atoms with Crippen LogP contribution in [0.5, 0.6) is 17.2 Å². The van der Waals surface area contributed by atoms with Crippen LogP contribution < -0.4 is 14.2 Å². The zero-order valence-corrected chi connectivity index (χ0v) is 23.7. The molecule has 214 valence electrons. The topological polar surface area (TPSA) is 98.2 Å². The Bertz CT molecular complexity index is 1620. The number of carbonyl (C=O) groups excluding carboxylic acids is 2. The van der Waals surface area contributed by atoms with Gasteiger partial charge >= 0.3 is 0 Å². The lowest BCUT2D eigenvalue weighted by molar-refractivity contribution is -0.140. The number of hydrogen-bond donors (Lipinski definition) is 1. The van der Waals surface area contributed by atoms with Crippen LogP contribution in [0.3, 0.4) is 0 Å². The average molecular weight is 565 g/mol. The summed E-state index contributed by atoms with van der Waals surface area (Å²) in [4.78, 5) is 32.6. The van der Waals surface area contributed by atoms with E-state index >= 15 is 0 Å². The molecule has 0 radical (unpaired) electrons. The predicted octanol–water partition coefficient (Wildman–Crippen LogP) is 6.00. The van der Waals surface area contributed by atoms with Crippen LogP contribution in [0.2, 0.25) is 0 Å². The second-order valence-corrected chi connectivity index (χ2v) is 9.88. The number of hydrogen-bond acceptors (Lipinski definition) is 7. The summed E-state index contributed by atoms with van der Waals surface area (Å²) < 4.78 is 17.2. The number of ether oxygens (including phenoxy) is 3. The van der Waals surface area contributed by atoms with E-state index in [4.69, 9.17) is 14.2 Å². The zero-order chi connectivity index (χ0) is 29.6. The fraction of sp³-hybridized carbons (Fsp3) is 0.206. The van der Waals surface area contributed by atoms with Crippen molar-refractivity contribution in [1.82, 2.24) is 9.88 Å². The molecule has 1 fully saturated rings. The number of benzene rings is 3. The zero-order valence-electron chi connectivity index (χ0n) is 23.7. The molecule has 0 bridgehead atoms. The SMILES string of the molecule is CCOc1ccc([C@@H]2C(=C(O)c3ccc(OCc4ccccc4)cc3C)C(=O)C(=O)N2Cc2cccnc2)cc1OC. The summed E-state index contributed by atoms with van der Waals surface area (Å²) in [5, 5.41) is 11.6. The van der Waals surface area contributed by atoms with E-state index in [0.29, 0.717) is 47.2 Å². The highest BCUT2D eigenvalue weighted by Gasteiger charge is 2.46. The van der Waals surface area contributed by atoms with E-state index in [1.807, 2.05) is 50.2 Å². The van der Waals surface area contributed by atoms with Gasteiger partial charge in [-0.1, -0.05) is 42.5 Å². The minimum absolute atomic E-state index is 0.00356. The van der Waals surface area contributed by atoms with Gasteiger partial charge in [-0.2, -0.15) is 0 Å². The van der Waals surface area contributed by atoms with Gasteiger partial charge in [-0.3, -0.25) is 14.6 Å². The Morgan fingerprint density at radius 3 is 2.40 bits per heavy atom. The summed E-state index contributed by atoms with van der Waals surface area (Å²) in [6.07, 6.45) is 3.29. The number of aromatic nitrogens is 1. The van der Waals surface area contributed by atoms with Crippen molar-refractivity contribution in [1.29, 1.82) is 0 Å². The third-order valence-corrected chi connectivity index (χ3v) is 7.12. The quantitative estimate of drug-likeness (QED) is 0.143. The van der Waals surface area contributed by atoms with Gasteiger partial charge in [0, 0.05) is 24.5 Å². The number of aryl methyl sites for hydroxylation is 1. The number of aliphatic hydroxyl groups excluding tert-OH is 1. The fourth-order valence-electron chi connectivity index (χ4n) is 5.08. The summed E-state index contributed by atoms with van der Waals surface area (Å²) in [5.74, 6) is -0.117.